The van der Waals surface area contributed by atoms with Gasteiger partial charge in [-0.15, -0.1) is 0 Å². The number of hydrogen-bond donors (Lipinski definition) is 2. The maximum Gasteiger partial charge on any atom is 0.500 e. The molecule has 108 valence electrons. The molecule has 0 saturated heterocycles. The molecule has 0 spiro atoms. The highest BCUT2D eigenvalue weighted by Gasteiger charge is 2.36. The van der Waals surface area contributed by atoms with Gasteiger partial charge < -0.3 is 24.3 Å². The third kappa shape index (κ3) is 4.60. The molecule has 1 aliphatic rings. The van der Waals surface area contributed by atoms with Gasteiger partial charge in [-0.1, -0.05) is 12.8 Å². The Bertz CT molecular complexity index is 219. The number of nitrogens with two attached hydrogens (primary N) is 1. The van der Waals surface area contributed by atoms with Crippen LogP contribution in [0.25, 0.3) is 0 Å². The lowest BCUT2D eigenvalue weighted by Gasteiger charge is -2.30. The van der Waals surface area contributed by atoms with Gasteiger partial charge in [-0.2, -0.15) is 0 Å². The van der Waals surface area contributed by atoms with Gasteiger partial charge in [0.25, 0.3) is 0 Å². The molecule has 0 aromatic carbocycles. The van der Waals surface area contributed by atoms with Gasteiger partial charge in [-0.25, -0.2) is 0 Å². The fourth-order valence-corrected chi connectivity index (χ4v) is 4.28. The van der Waals surface area contributed by atoms with Crippen molar-refractivity contribution in [1.29, 1.82) is 0 Å². The van der Waals surface area contributed by atoms with E-state index in [-0.39, 0.29) is 0 Å². The lowest BCUT2D eigenvalue weighted by Crippen LogP contribution is -2.48. The van der Waals surface area contributed by atoms with E-state index in [4.69, 9.17) is 19.0 Å². The second-order valence-corrected chi connectivity index (χ2v) is 8.00. The summed E-state index contributed by atoms with van der Waals surface area (Å²) in [6.45, 7) is 0.948. The smallest absolute Gasteiger partial charge is 0.377 e. The van der Waals surface area contributed by atoms with Crippen LogP contribution in [0.3, 0.4) is 0 Å². The maximum absolute atomic E-state index is 6.10. The van der Waals surface area contributed by atoms with Crippen LogP contribution in [0.1, 0.15) is 32.1 Å². The summed E-state index contributed by atoms with van der Waals surface area (Å²) in [4.78, 5) is 0. The summed E-state index contributed by atoms with van der Waals surface area (Å²) < 4.78 is 16.2. The van der Waals surface area contributed by atoms with Gasteiger partial charge in [0.1, 0.15) is 0 Å². The molecule has 0 bridgehead atoms. The minimum absolute atomic E-state index is 0.313. The first-order valence-electron chi connectivity index (χ1n) is 6.82. The van der Waals surface area contributed by atoms with Crippen molar-refractivity contribution in [3.05, 3.63) is 0 Å². The summed E-state index contributed by atoms with van der Waals surface area (Å²) in [6, 6.07) is 1.63. The molecule has 2 unspecified atom stereocenters. The van der Waals surface area contributed by atoms with E-state index in [9.17, 15) is 0 Å². The van der Waals surface area contributed by atoms with Crippen LogP contribution in [0.2, 0.25) is 6.04 Å². The van der Waals surface area contributed by atoms with Crippen LogP contribution in [0.5, 0.6) is 0 Å². The highest BCUT2D eigenvalue weighted by molar-refractivity contribution is 6.60. The zero-order valence-corrected chi connectivity index (χ0v) is 12.9. The maximum atomic E-state index is 6.10. The number of rotatable bonds is 8. The molecule has 0 heterocycles. The van der Waals surface area contributed by atoms with E-state index >= 15 is 0 Å². The normalized spacial score (nSPS) is 25.3. The van der Waals surface area contributed by atoms with Crippen LogP contribution in [-0.4, -0.2) is 48.8 Å². The molecule has 1 fully saturated rings. The fourth-order valence-electron chi connectivity index (χ4n) is 2.56. The Morgan fingerprint density at radius 2 is 1.72 bits per heavy atom. The molecule has 0 radical (unpaired) electrons. The van der Waals surface area contributed by atoms with Crippen molar-refractivity contribution in [3.8, 4) is 0 Å². The highest BCUT2D eigenvalue weighted by Crippen LogP contribution is 2.18. The van der Waals surface area contributed by atoms with Crippen molar-refractivity contribution < 1.29 is 13.3 Å². The molecule has 18 heavy (non-hydrogen) atoms. The quantitative estimate of drug-likeness (QED) is 0.514. The van der Waals surface area contributed by atoms with E-state index < -0.39 is 8.80 Å². The van der Waals surface area contributed by atoms with Gasteiger partial charge >= 0.3 is 8.80 Å². The monoisotopic (exact) mass is 276 g/mol. The summed E-state index contributed by atoms with van der Waals surface area (Å²) in [7, 11) is 2.58. The van der Waals surface area contributed by atoms with Crippen molar-refractivity contribution in [2.24, 2.45) is 5.73 Å². The molecule has 5 nitrogen and oxygen atoms in total. The van der Waals surface area contributed by atoms with Gasteiger partial charge in [0.15, 0.2) is 0 Å². The SMILES string of the molecule is CO[Si](CCCNC1CCCCC1N)(OC)OC. The van der Waals surface area contributed by atoms with E-state index in [2.05, 4.69) is 5.32 Å². The predicted octanol–water partition coefficient (Wildman–Crippen LogP) is 1.11. The van der Waals surface area contributed by atoms with E-state index in [1.807, 2.05) is 0 Å². The minimum atomic E-state index is -2.39. The van der Waals surface area contributed by atoms with Gasteiger partial charge in [0.2, 0.25) is 0 Å². The Labute approximate surface area is 112 Å². The Morgan fingerprint density at radius 3 is 2.28 bits per heavy atom. The first-order valence-corrected chi connectivity index (χ1v) is 8.75. The Kier molecular flexibility index (Phi) is 7.36. The van der Waals surface area contributed by atoms with Gasteiger partial charge in [-0.05, 0) is 25.8 Å². The number of hydrogen-bond acceptors (Lipinski definition) is 5. The standard InChI is InChI=1S/C12H28N2O3Si/c1-15-18(16-2,17-3)10-6-9-14-12-8-5-4-7-11(12)13/h11-12,14H,4-10,13H2,1-3H3. The molecule has 0 aromatic rings. The second kappa shape index (κ2) is 8.24. The predicted molar refractivity (Wildman–Crippen MR) is 74.4 cm³/mol. The van der Waals surface area contributed by atoms with Gasteiger partial charge in [0, 0.05) is 39.5 Å². The molecular formula is C12H28N2O3Si. The van der Waals surface area contributed by atoms with Crippen LogP contribution >= 0.6 is 0 Å². The molecule has 1 aliphatic carbocycles. The van der Waals surface area contributed by atoms with Gasteiger partial charge in [0.05, 0.1) is 0 Å². The zero-order chi connectivity index (χ0) is 13.4. The highest BCUT2D eigenvalue weighted by atomic mass is 28.4. The van der Waals surface area contributed by atoms with Crippen molar-refractivity contribution in [3.63, 3.8) is 0 Å². The summed E-state index contributed by atoms with van der Waals surface area (Å²) in [5, 5.41) is 3.55. The fraction of sp³-hybridized carbons (Fsp3) is 1.00. The Balaban J connectivity index is 2.20. The first-order chi connectivity index (χ1) is 8.67. The minimum Gasteiger partial charge on any atom is -0.377 e. The molecule has 0 aliphatic heterocycles. The van der Waals surface area contributed by atoms with Gasteiger partial charge in [-0.3, -0.25) is 0 Å². The van der Waals surface area contributed by atoms with Crippen LogP contribution in [0.15, 0.2) is 0 Å². The van der Waals surface area contributed by atoms with Crippen LogP contribution in [-0.2, 0) is 13.3 Å². The van der Waals surface area contributed by atoms with E-state index in [1.54, 1.807) is 21.3 Å². The lowest BCUT2D eigenvalue weighted by atomic mass is 9.91. The summed E-state index contributed by atoms with van der Waals surface area (Å²) in [6.07, 6.45) is 5.89. The van der Waals surface area contributed by atoms with Crippen LogP contribution < -0.4 is 11.1 Å². The molecule has 2 atom stereocenters. The summed E-state index contributed by atoms with van der Waals surface area (Å²) in [5.41, 5.74) is 6.10. The molecule has 6 heteroatoms. The Hall–Kier alpha value is 0.0169. The Morgan fingerprint density at radius 1 is 1.11 bits per heavy atom. The largest absolute Gasteiger partial charge is 0.500 e. The van der Waals surface area contributed by atoms with Crippen molar-refractivity contribution in [1.82, 2.24) is 5.32 Å². The van der Waals surface area contributed by atoms with E-state index in [0.717, 1.165) is 25.4 Å². The van der Waals surface area contributed by atoms with Crippen molar-refractivity contribution in [2.75, 3.05) is 27.9 Å². The molecule has 0 amide bonds. The van der Waals surface area contributed by atoms with Crippen molar-refractivity contribution >= 4 is 8.80 Å². The molecule has 0 aromatic heterocycles. The molecule has 1 saturated carbocycles. The lowest BCUT2D eigenvalue weighted by molar-refractivity contribution is 0.123. The topological polar surface area (TPSA) is 65.7 Å². The van der Waals surface area contributed by atoms with Crippen LogP contribution in [0.4, 0.5) is 0 Å². The van der Waals surface area contributed by atoms with E-state index in [1.165, 1.54) is 19.3 Å². The average Bonchev–Trinajstić information content (AvgIpc) is 2.42. The van der Waals surface area contributed by atoms with E-state index in [0.29, 0.717) is 12.1 Å². The molecular weight excluding hydrogens is 248 g/mol. The zero-order valence-electron chi connectivity index (χ0n) is 11.9. The second-order valence-electron chi connectivity index (χ2n) is 4.91. The molecule has 1 rings (SSSR count). The van der Waals surface area contributed by atoms with Crippen molar-refractivity contribution in [2.45, 2.75) is 50.2 Å². The van der Waals surface area contributed by atoms with Crippen LogP contribution in [0, 0.1) is 0 Å². The number of nitrogens with one attached hydrogen (secondary N) is 1. The average molecular weight is 276 g/mol. The molecule has 3 N–H and O–H groups in total. The first kappa shape index (κ1) is 16.1. The third-order valence-corrected chi connectivity index (χ3v) is 6.65. The third-order valence-electron chi connectivity index (χ3n) is 3.82. The summed E-state index contributed by atoms with van der Waals surface area (Å²) >= 11 is 0. The summed E-state index contributed by atoms with van der Waals surface area (Å²) in [5.74, 6) is 0.